The molecule has 5 unspecified atom stereocenters. The fraction of sp³-hybridized carbons (Fsp3) is 0.286. The number of hydrogen-bond acceptors (Lipinski definition) is 11. The molecule has 172 valence electrons. The molecule has 11 nitrogen and oxygen atoms in total. The Morgan fingerprint density at radius 3 is 2.16 bits per heavy atom. The lowest BCUT2D eigenvalue weighted by molar-refractivity contribution is -0.277. The maximum absolute atomic E-state index is 12.4. The van der Waals surface area contributed by atoms with Crippen LogP contribution >= 0.6 is 0 Å². The molecule has 2 aromatic rings. The van der Waals surface area contributed by atoms with Gasteiger partial charge in [0, 0.05) is 12.1 Å². The highest BCUT2D eigenvalue weighted by atomic mass is 16.7. The van der Waals surface area contributed by atoms with E-state index < -0.39 is 60.2 Å². The summed E-state index contributed by atoms with van der Waals surface area (Å²) in [5, 5.41) is 78.0. The molecule has 2 aromatic carbocycles. The van der Waals surface area contributed by atoms with E-state index in [1.807, 2.05) is 0 Å². The Bertz CT molecular complexity index is 994. The summed E-state index contributed by atoms with van der Waals surface area (Å²) in [5.74, 6) is -3.06. The Kier molecular flexibility index (Phi) is 6.87. The Morgan fingerprint density at radius 2 is 1.56 bits per heavy atom. The van der Waals surface area contributed by atoms with E-state index in [1.54, 1.807) is 0 Å². The summed E-state index contributed by atoms with van der Waals surface area (Å²) in [6.45, 7) is -0.667. The zero-order chi connectivity index (χ0) is 23.6. The number of aliphatic hydroxyl groups excluding tert-OH is 4. The summed E-state index contributed by atoms with van der Waals surface area (Å²) >= 11 is 0. The van der Waals surface area contributed by atoms with Gasteiger partial charge in [-0.1, -0.05) is 12.1 Å². The van der Waals surface area contributed by atoms with Gasteiger partial charge in [-0.15, -0.1) is 0 Å². The Hall–Kier alpha value is -3.35. The lowest BCUT2D eigenvalue weighted by atomic mass is 9.99. The predicted octanol–water partition coefficient (Wildman–Crippen LogP) is -0.416. The molecule has 0 saturated carbocycles. The molecule has 1 fully saturated rings. The summed E-state index contributed by atoms with van der Waals surface area (Å²) in [7, 11) is 0. The molecular weight excluding hydrogens is 428 g/mol. The number of carbonyl (C=O) groups excluding carboxylic acids is 1. The summed E-state index contributed by atoms with van der Waals surface area (Å²) in [6.07, 6.45) is -5.42. The van der Waals surface area contributed by atoms with Crippen molar-refractivity contribution in [3.63, 3.8) is 0 Å². The summed E-state index contributed by atoms with van der Waals surface area (Å²) in [5.41, 5.74) is -0.0828. The van der Waals surface area contributed by atoms with Crippen LogP contribution in [0.2, 0.25) is 0 Å². The summed E-state index contributed by atoms with van der Waals surface area (Å²) in [4.78, 5) is 12.4. The lowest BCUT2D eigenvalue weighted by Crippen LogP contribution is -2.60. The smallest absolute Gasteiger partial charge is 0.229 e. The van der Waals surface area contributed by atoms with E-state index in [1.165, 1.54) is 24.3 Å². The van der Waals surface area contributed by atoms with Gasteiger partial charge in [0.05, 0.1) is 6.61 Å². The molecule has 0 bridgehead atoms. The summed E-state index contributed by atoms with van der Waals surface area (Å²) < 4.78 is 10.5. The minimum Gasteiger partial charge on any atom is -0.507 e. The van der Waals surface area contributed by atoms with E-state index in [-0.39, 0.29) is 17.2 Å². The predicted molar refractivity (Wildman–Crippen MR) is 107 cm³/mol. The van der Waals surface area contributed by atoms with Crippen LogP contribution in [-0.2, 0) is 4.74 Å². The third kappa shape index (κ3) is 4.77. The van der Waals surface area contributed by atoms with Crippen LogP contribution in [0.1, 0.15) is 15.9 Å². The van der Waals surface area contributed by atoms with Gasteiger partial charge in [-0.3, -0.25) is 4.79 Å². The second kappa shape index (κ2) is 9.42. The first-order chi connectivity index (χ1) is 15.1. The van der Waals surface area contributed by atoms with Crippen molar-refractivity contribution in [3.8, 4) is 28.7 Å². The van der Waals surface area contributed by atoms with Gasteiger partial charge < -0.3 is 50.3 Å². The number of ketones is 1. The van der Waals surface area contributed by atoms with Crippen molar-refractivity contribution < 1.29 is 55.1 Å². The van der Waals surface area contributed by atoms with Crippen LogP contribution in [0.15, 0.2) is 36.4 Å². The molecule has 5 atom stereocenters. The topological polar surface area (TPSA) is 197 Å². The maximum atomic E-state index is 12.4. The molecule has 1 saturated heterocycles. The van der Waals surface area contributed by atoms with Gasteiger partial charge in [-0.2, -0.15) is 0 Å². The number of phenolic OH excluding ortho intramolecular Hbond substituents is 4. The van der Waals surface area contributed by atoms with E-state index in [0.29, 0.717) is 5.56 Å². The molecule has 0 aromatic heterocycles. The second-order valence-electron chi connectivity index (χ2n) is 7.10. The fourth-order valence-electron chi connectivity index (χ4n) is 3.11. The van der Waals surface area contributed by atoms with Crippen molar-refractivity contribution in [3.05, 3.63) is 47.5 Å². The lowest BCUT2D eigenvalue weighted by Gasteiger charge is -2.39. The van der Waals surface area contributed by atoms with E-state index in [4.69, 9.17) is 9.47 Å². The second-order valence-corrected chi connectivity index (χ2v) is 7.10. The van der Waals surface area contributed by atoms with Gasteiger partial charge in [0.25, 0.3) is 0 Å². The van der Waals surface area contributed by atoms with Crippen LogP contribution < -0.4 is 4.74 Å². The maximum Gasteiger partial charge on any atom is 0.229 e. The van der Waals surface area contributed by atoms with Crippen LogP contribution in [-0.4, -0.2) is 83.9 Å². The SMILES string of the molecule is O=C(/C=C/c1ccc(O)c(O)c1)c1c(O)cc(OC2OC(CO)C(O)C(O)C2O)cc1O. The third-order valence-corrected chi connectivity index (χ3v) is 4.84. The van der Waals surface area contributed by atoms with Crippen molar-refractivity contribution in [1.29, 1.82) is 0 Å². The number of aromatic hydroxyl groups is 4. The van der Waals surface area contributed by atoms with Crippen LogP contribution in [0.5, 0.6) is 28.7 Å². The van der Waals surface area contributed by atoms with E-state index in [0.717, 1.165) is 18.2 Å². The van der Waals surface area contributed by atoms with Crippen molar-refractivity contribution in [1.82, 2.24) is 0 Å². The fourth-order valence-corrected chi connectivity index (χ4v) is 3.11. The van der Waals surface area contributed by atoms with Crippen LogP contribution in [0.25, 0.3) is 6.08 Å². The van der Waals surface area contributed by atoms with Gasteiger partial charge in [-0.05, 0) is 23.8 Å². The first-order valence-electron chi connectivity index (χ1n) is 9.40. The molecule has 0 radical (unpaired) electrons. The average molecular weight is 450 g/mol. The minimum absolute atomic E-state index is 0.228. The zero-order valence-electron chi connectivity index (χ0n) is 16.4. The van der Waals surface area contributed by atoms with Crippen LogP contribution in [0.4, 0.5) is 0 Å². The van der Waals surface area contributed by atoms with E-state index in [9.17, 15) is 45.6 Å². The largest absolute Gasteiger partial charge is 0.507 e. The number of allylic oxidation sites excluding steroid dienone is 1. The number of phenols is 4. The highest BCUT2D eigenvalue weighted by Gasteiger charge is 2.44. The average Bonchev–Trinajstić information content (AvgIpc) is 2.74. The molecule has 8 N–H and O–H groups in total. The molecule has 1 heterocycles. The van der Waals surface area contributed by atoms with Crippen molar-refractivity contribution >= 4 is 11.9 Å². The van der Waals surface area contributed by atoms with Crippen LogP contribution in [0.3, 0.4) is 0 Å². The summed E-state index contributed by atoms with van der Waals surface area (Å²) in [6, 6.07) is 5.79. The molecule has 0 aliphatic carbocycles. The van der Waals surface area contributed by atoms with Crippen molar-refractivity contribution in [2.24, 2.45) is 0 Å². The minimum atomic E-state index is -1.71. The number of benzene rings is 2. The molecule has 3 rings (SSSR count). The van der Waals surface area contributed by atoms with Crippen LogP contribution in [0, 0.1) is 0 Å². The Balaban J connectivity index is 1.78. The molecular formula is C21H22O11. The van der Waals surface area contributed by atoms with E-state index in [2.05, 4.69) is 0 Å². The number of hydrogen-bond donors (Lipinski definition) is 8. The number of aliphatic hydroxyl groups is 4. The van der Waals surface area contributed by atoms with Gasteiger partial charge in [-0.25, -0.2) is 0 Å². The quantitative estimate of drug-likeness (QED) is 0.162. The van der Waals surface area contributed by atoms with Crippen molar-refractivity contribution in [2.75, 3.05) is 6.61 Å². The molecule has 1 aliphatic heterocycles. The third-order valence-electron chi connectivity index (χ3n) is 4.84. The van der Waals surface area contributed by atoms with Gasteiger partial charge in [0.15, 0.2) is 17.3 Å². The van der Waals surface area contributed by atoms with Gasteiger partial charge in [0.2, 0.25) is 6.29 Å². The number of rotatable bonds is 6. The molecule has 0 spiro atoms. The normalized spacial score (nSPS) is 25.7. The molecule has 1 aliphatic rings. The first kappa shape index (κ1) is 23.3. The highest BCUT2D eigenvalue weighted by Crippen LogP contribution is 2.35. The molecule has 32 heavy (non-hydrogen) atoms. The van der Waals surface area contributed by atoms with E-state index >= 15 is 0 Å². The van der Waals surface area contributed by atoms with Gasteiger partial charge in [0.1, 0.15) is 47.2 Å². The highest BCUT2D eigenvalue weighted by molar-refractivity contribution is 6.10. The Morgan fingerprint density at radius 1 is 0.906 bits per heavy atom. The Labute approximate surface area is 181 Å². The standard InChI is InChI=1S/C21H22O11/c22-8-16-18(28)19(29)20(30)21(32-16)31-10-6-14(26)17(15(27)7-10)12(24)4-2-9-1-3-11(23)13(25)5-9/h1-7,16,18-23,25-30H,8H2/b4-2+. The van der Waals surface area contributed by atoms with Crippen molar-refractivity contribution in [2.45, 2.75) is 30.7 Å². The first-order valence-corrected chi connectivity index (χ1v) is 9.40. The number of carbonyl (C=O) groups is 1. The van der Waals surface area contributed by atoms with Gasteiger partial charge >= 0.3 is 0 Å². The monoisotopic (exact) mass is 450 g/mol. The molecule has 11 heteroatoms. The molecule has 0 amide bonds. The number of ether oxygens (including phenoxy) is 2. The zero-order valence-corrected chi connectivity index (χ0v) is 16.4.